The molecule has 7 amide bonds. The van der Waals surface area contributed by atoms with Crippen LogP contribution in [0.5, 0.6) is 5.75 Å². The fourth-order valence-corrected chi connectivity index (χ4v) is 7.46. The second-order valence-corrected chi connectivity index (χ2v) is 17.1. The lowest BCUT2D eigenvalue weighted by molar-refractivity contribution is -0.139. The normalized spacial score (nSPS) is 13.4. The van der Waals surface area contributed by atoms with Gasteiger partial charge in [-0.05, 0) is 92.5 Å². The molecule has 26 heteroatoms. The van der Waals surface area contributed by atoms with Crippen molar-refractivity contribution in [2.75, 3.05) is 29.9 Å². The Labute approximate surface area is 410 Å². The number of aromatic amines is 1. The molecule has 2 aromatic carbocycles. The summed E-state index contributed by atoms with van der Waals surface area (Å²) >= 11 is 0. The smallest absolute Gasteiger partial charge is 0.326 e. The van der Waals surface area contributed by atoms with Crippen LogP contribution in [0, 0.1) is 5.92 Å². The summed E-state index contributed by atoms with van der Waals surface area (Å²) in [6.45, 7) is 5.17. The van der Waals surface area contributed by atoms with Crippen molar-refractivity contribution in [3.63, 3.8) is 0 Å². The van der Waals surface area contributed by atoms with E-state index in [1.165, 1.54) is 55.6 Å². The number of aliphatic carboxylic acids is 1. The van der Waals surface area contributed by atoms with E-state index in [1.807, 2.05) is 0 Å². The zero-order valence-electron chi connectivity index (χ0n) is 39.5. The topological polar surface area (TPSA) is 398 Å². The molecule has 0 aliphatic carbocycles. The number of aromatic nitrogens is 8. The van der Waals surface area contributed by atoms with Gasteiger partial charge in [-0.1, -0.05) is 26.3 Å². The highest BCUT2D eigenvalue weighted by atomic mass is 16.4. The Bertz CT molecular complexity index is 2870. The lowest BCUT2D eigenvalue weighted by Crippen LogP contribution is -2.53. The van der Waals surface area contributed by atoms with Gasteiger partial charge in [0, 0.05) is 42.9 Å². The number of amides is 7. The van der Waals surface area contributed by atoms with Gasteiger partial charge < -0.3 is 48.3 Å². The van der Waals surface area contributed by atoms with Crippen molar-refractivity contribution in [2.24, 2.45) is 5.92 Å². The Kier molecular flexibility index (Phi) is 17.5. The Morgan fingerprint density at radius 2 is 1.57 bits per heavy atom. The number of hydrogen-bond acceptors (Lipinski definition) is 18. The van der Waals surface area contributed by atoms with Crippen LogP contribution >= 0.6 is 0 Å². The van der Waals surface area contributed by atoms with Gasteiger partial charge in [0.1, 0.15) is 23.9 Å². The number of anilines is 3. The second kappa shape index (κ2) is 24.0. The summed E-state index contributed by atoms with van der Waals surface area (Å²) in [5.41, 5.74) is 13.6. The number of nitrogens with two attached hydrogens (primary N) is 2. The van der Waals surface area contributed by atoms with E-state index in [0.29, 0.717) is 48.9 Å². The molecule has 0 bridgehead atoms. The SMILES string of the molecule is CC(C)[C@H](NC(=O)CCCCCN1C(=O)C=CC1=O)C(=O)N[C@@H](C)C(=O)Nc1ccc(C(=O)NCCC[C@H](NC(=O)c2ccc(CCc3cnc4nc(N)nc(N)c4n3)cc2O)C(=O)O)c(-c2nn[nH]n2)c1. The van der Waals surface area contributed by atoms with E-state index in [-0.39, 0.29) is 107 Å². The van der Waals surface area contributed by atoms with Gasteiger partial charge in [-0.25, -0.2) is 14.8 Å². The van der Waals surface area contributed by atoms with Gasteiger partial charge >= 0.3 is 5.97 Å². The summed E-state index contributed by atoms with van der Waals surface area (Å²) in [6.07, 6.45) is 6.43. The van der Waals surface area contributed by atoms with Crippen LogP contribution in [0.25, 0.3) is 22.6 Å². The minimum absolute atomic E-state index is 0.0128. The zero-order valence-corrected chi connectivity index (χ0v) is 39.5. The van der Waals surface area contributed by atoms with E-state index in [0.717, 1.165) is 4.90 Å². The summed E-state index contributed by atoms with van der Waals surface area (Å²) < 4.78 is 0. The van der Waals surface area contributed by atoms with Crippen LogP contribution in [0.15, 0.2) is 54.7 Å². The average molecular weight is 991 g/mol. The van der Waals surface area contributed by atoms with Crippen LogP contribution in [0.1, 0.15) is 91.3 Å². The molecule has 72 heavy (non-hydrogen) atoms. The molecule has 378 valence electrons. The number of rotatable bonds is 24. The molecule has 5 aromatic rings. The second-order valence-electron chi connectivity index (χ2n) is 17.1. The molecule has 0 saturated heterocycles. The fourth-order valence-electron chi connectivity index (χ4n) is 7.46. The number of H-pyrrole nitrogens is 1. The third-order valence-electron chi connectivity index (χ3n) is 11.4. The first kappa shape index (κ1) is 52.4. The van der Waals surface area contributed by atoms with Gasteiger partial charge in [-0.3, -0.25) is 38.5 Å². The van der Waals surface area contributed by atoms with Crippen LogP contribution < -0.4 is 38.1 Å². The number of nitrogens with zero attached hydrogens (tertiary/aromatic N) is 8. The predicted octanol–water partition coefficient (Wildman–Crippen LogP) is 0.718. The number of carbonyl (C=O) groups is 8. The molecule has 0 spiro atoms. The Hall–Kier alpha value is -8.97. The van der Waals surface area contributed by atoms with Gasteiger partial charge in [0.25, 0.3) is 23.6 Å². The molecule has 3 atom stereocenters. The van der Waals surface area contributed by atoms with E-state index in [9.17, 15) is 48.6 Å². The number of nitrogen functional groups attached to an aromatic ring is 2. The molecule has 3 aromatic heterocycles. The van der Waals surface area contributed by atoms with Crippen LogP contribution in [-0.2, 0) is 41.6 Å². The molecular weight excluding hydrogens is 937 g/mol. The van der Waals surface area contributed by atoms with Crippen LogP contribution in [-0.4, -0.2) is 134 Å². The Morgan fingerprint density at radius 1 is 0.819 bits per heavy atom. The summed E-state index contributed by atoms with van der Waals surface area (Å²) in [7, 11) is 0. The first-order valence-electron chi connectivity index (χ1n) is 22.9. The summed E-state index contributed by atoms with van der Waals surface area (Å²) in [4.78, 5) is 119. The number of fused-ring (bicyclic) bond motifs is 1. The quantitative estimate of drug-likeness (QED) is 0.0301. The van der Waals surface area contributed by atoms with Crippen molar-refractivity contribution >= 4 is 75.9 Å². The maximum atomic E-state index is 13.5. The number of carbonyl (C=O) groups excluding carboxylic acids is 7. The number of benzene rings is 2. The molecule has 26 nitrogen and oxygen atoms in total. The van der Waals surface area contributed by atoms with E-state index in [4.69, 9.17) is 11.5 Å². The van der Waals surface area contributed by atoms with Gasteiger partial charge in [-0.15, -0.1) is 10.2 Å². The number of carboxylic acid groups (broad SMARTS) is 1. The monoisotopic (exact) mass is 990 g/mol. The summed E-state index contributed by atoms with van der Waals surface area (Å²) in [6, 6.07) is 5.27. The molecule has 0 saturated carbocycles. The number of phenols is 1. The molecule has 1 aliphatic rings. The summed E-state index contributed by atoms with van der Waals surface area (Å²) in [5, 5.41) is 47.6. The van der Waals surface area contributed by atoms with Gasteiger partial charge in [0.15, 0.2) is 17.0 Å². The molecule has 0 radical (unpaired) electrons. The van der Waals surface area contributed by atoms with Gasteiger partial charge in [0.05, 0.1) is 23.0 Å². The molecule has 0 fully saturated rings. The highest BCUT2D eigenvalue weighted by Crippen LogP contribution is 2.25. The van der Waals surface area contributed by atoms with Crippen LogP contribution in [0.2, 0.25) is 0 Å². The third kappa shape index (κ3) is 13.8. The number of imide groups is 1. The van der Waals surface area contributed by atoms with Gasteiger partial charge in [-0.2, -0.15) is 15.2 Å². The van der Waals surface area contributed by atoms with Crippen molar-refractivity contribution in [3.05, 3.63) is 77.1 Å². The minimum Gasteiger partial charge on any atom is -0.507 e. The van der Waals surface area contributed by atoms with Crippen molar-refractivity contribution in [2.45, 2.75) is 90.3 Å². The lowest BCUT2D eigenvalue weighted by atomic mass is 10.0. The predicted molar refractivity (Wildman–Crippen MR) is 257 cm³/mol. The van der Waals surface area contributed by atoms with E-state index < -0.39 is 47.7 Å². The van der Waals surface area contributed by atoms with Crippen molar-refractivity contribution in [1.82, 2.24) is 66.7 Å². The van der Waals surface area contributed by atoms with Crippen molar-refractivity contribution < 1.29 is 48.6 Å². The van der Waals surface area contributed by atoms with Crippen LogP contribution in [0.3, 0.4) is 0 Å². The largest absolute Gasteiger partial charge is 0.507 e. The van der Waals surface area contributed by atoms with Crippen molar-refractivity contribution in [1.29, 1.82) is 0 Å². The Balaban J connectivity index is 0.964. The number of tetrazole rings is 1. The molecule has 1 aliphatic heterocycles. The molecule has 4 heterocycles. The number of aromatic hydroxyl groups is 1. The van der Waals surface area contributed by atoms with Gasteiger partial charge in [0.2, 0.25) is 29.5 Å². The minimum atomic E-state index is -1.37. The lowest BCUT2D eigenvalue weighted by Gasteiger charge is -2.24. The highest BCUT2D eigenvalue weighted by Gasteiger charge is 2.28. The fraction of sp³-hybridized carbons (Fsp3) is 0.370. The molecule has 0 unspecified atom stereocenters. The van der Waals surface area contributed by atoms with Crippen molar-refractivity contribution in [3.8, 4) is 17.1 Å². The molecule has 12 N–H and O–H groups in total. The summed E-state index contributed by atoms with van der Waals surface area (Å²) in [5.74, 6) is -5.69. The highest BCUT2D eigenvalue weighted by molar-refractivity contribution is 6.13. The number of phenolic OH excluding ortho intramolecular Hbond substituents is 1. The standard InChI is InChI=1S/C46H54N16O10/c1-23(2)36(55-33(64)9-5-4-6-19-62-34(65)16-17-35(62)66)44(70)51-24(3)41(67)53-26-13-15-28(30(21-26)39-58-60-61-59-39)42(68)49-18-7-8-31(45(71)72)54-43(69)29-14-11-25(20-32(29)63)10-12-27-22-50-40-37(52-27)38(47)56-46(48)57-40/h11,13-17,20-24,31,36,63H,4-10,12,18-19H2,1-3H3,(H,49,68)(H,51,70)(H,53,67)(H,54,69)(H,55,64)(H,71,72)(H,58,59,60,61)(H4,47,48,50,56,57)/t24-,31-,36-/m0/s1. The van der Waals surface area contributed by atoms with E-state index in [1.54, 1.807) is 19.9 Å². The number of hydrogen-bond donors (Lipinski definition) is 10. The third-order valence-corrected chi connectivity index (χ3v) is 11.4. The first-order valence-corrected chi connectivity index (χ1v) is 22.9. The first-order chi connectivity index (χ1) is 34.4. The zero-order chi connectivity index (χ0) is 52.1. The number of carboxylic acids is 1. The van der Waals surface area contributed by atoms with Crippen LogP contribution in [0.4, 0.5) is 17.5 Å². The molecule has 6 rings (SSSR count). The number of aryl methyl sites for hydroxylation is 2. The van der Waals surface area contributed by atoms with E-state index in [2.05, 4.69) is 67.1 Å². The Morgan fingerprint density at radius 3 is 2.26 bits per heavy atom. The maximum Gasteiger partial charge on any atom is 0.326 e. The average Bonchev–Trinajstić information content (AvgIpc) is 3.99. The molecular formula is C46H54N16O10. The maximum absolute atomic E-state index is 13.5. The van der Waals surface area contributed by atoms with E-state index >= 15 is 0 Å². The number of unbranched alkanes of at least 4 members (excludes halogenated alkanes) is 2. The number of nitrogens with one attached hydrogen (secondary N) is 6.